The van der Waals surface area contributed by atoms with Crippen LogP contribution >= 0.6 is 0 Å². The number of hydrogen-bond donors (Lipinski definition) is 0. The second-order valence-corrected chi connectivity index (χ2v) is 12.9. The minimum absolute atomic E-state index is 0.609. The van der Waals surface area contributed by atoms with Gasteiger partial charge in [-0.15, -0.1) is 0 Å². The summed E-state index contributed by atoms with van der Waals surface area (Å²) in [5, 5.41) is 6.83. The molecule has 0 aliphatic rings. The molecular formula is C47H29N3O. The molecule has 0 saturated carbocycles. The number of aromatic nitrogens is 3. The van der Waals surface area contributed by atoms with Crippen LogP contribution in [-0.4, -0.2) is 15.0 Å². The predicted molar refractivity (Wildman–Crippen MR) is 209 cm³/mol. The summed E-state index contributed by atoms with van der Waals surface area (Å²) >= 11 is 0. The highest BCUT2D eigenvalue weighted by Gasteiger charge is 2.16. The van der Waals surface area contributed by atoms with Crippen LogP contribution < -0.4 is 0 Å². The van der Waals surface area contributed by atoms with Crippen LogP contribution in [0.4, 0.5) is 0 Å². The van der Waals surface area contributed by atoms with E-state index in [-0.39, 0.29) is 0 Å². The van der Waals surface area contributed by atoms with E-state index >= 15 is 0 Å². The number of hydrogen-bond acceptors (Lipinski definition) is 4. The Bertz CT molecular complexity index is 2910. The van der Waals surface area contributed by atoms with Crippen LogP contribution in [0.3, 0.4) is 0 Å². The molecule has 0 radical (unpaired) electrons. The predicted octanol–water partition coefficient (Wildman–Crippen LogP) is 12.4. The second-order valence-electron chi connectivity index (χ2n) is 12.9. The molecule has 10 aromatic rings. The Hall–Kier alpha value is -6.91. The Labute approximate surface area is 294 Å². The summed E-state index contributed by atoms with van der Waals surface area (Å²) in [5.41, 5.74) is 9.05. The van der Waals surface area contributed by atoms with Gasteiger partial charge in [0.25, 0.3) is 0 Å². The van der Waals surface area contributed by atoms with Gasteiger partial charge in [0, 0.05) is 27.5 Å². The maximum absolute atomic E-state index is 6.33. The fraction of sp³-hybridized carbons (Fsp3) is 0. The van der Waals surface area contributed by atoms with Gasteiger partial charge in [-0.1, -0.05) is 133 Å². The first-order valence-electron chi connectivity index (χ1n) is 17.1. The van der Waals surface area contributed by atoms with Gasteiger partial charge in [0.2, 0.25) is 0 Å². The smallest absolute Gasteiger partial charge is 0.164 e. The topological polar surface area (TPSA) is 51.8 Å². The summed E-state index contributed by atoms with van der Waals surface area (Å²) in [4.78, 5) is 15.2. The molecule has 0 spiro atoms. The third-order valence-electron chi connectivity index (χ3n) is 9.70. The second kappa shape index (κ2) is 11.9. The van der Waals surface area contributed by atoms with Crippen molar-refractivity contribution in [2.45, 2.75) is 0 Å². The first-order chi connectivity index (χ1) is 25.2. The van der Waals surface area contributed by atoms with E-state index < -0.39 is 0 Å². The van der Waals surface area contributed by atoms with Crippen molar-refractivity contribution in [1.82, 2.24) is 15.0 Å². The Kier molecular flexibility index (Phi) is 6.78. The van der Waals surface area contributed by atoms with E-state index in [9.17, 15) is 0 Å². The van der Waals surface area contributed by atoms with Gasteiger partial charge in [-0.05, 0) is 86.3 Å². The molecular weight excluding hydrogens is 623 g/mol. The van der Waals surface area contributed by atoms with Crippen LogP contribution in [0.25, 0.3) is 99.9 Å². The highest BCUT2D eigenvalue weighted by atomic mass is 16.3. The molecule has 4 nitrogen and oxygen atoms in total. The Morgan fingerprint density at radius 3 is 1.31 bits per heavy atom. The highest BCUT2D eigenvalue weighted by molar-refractivity contribution is 6.07. The zero-order valence-electron chi connectivity index (χ0n) is 27.5. The fourth-order valence-corrected chi connectivity index (χ4v) is 7.00. The molecule has 0 N–H and O–H groups in total. The molecule has 2 heterocycles. The summed E-state index contributed by atoms with van der Waals surface area (Å²) in [6, 6.07) is 61.2. The highest BCUT2D eigenvalue weighted by Crippen LogP contribution is 2.36. The first-order valence-corrected chi connectivity index (χ1v) is 17.1. The van der Waals surface area contributed by atoms with Gasteiger partial charge in [-0.3, -0.25) is 0 Å². The molecule has 0 aliphatic heterocycles. The van der Waals surface area contributed by atoms with Crippen LogP contribution in [0, 0.1) is 0 Å². The van der Waals surface area contributed by atoms with Gasteiger partial charge >= 0.3 is 0 Å². The Balaban J connectivity index is 1.11. The zero-order chi connectivity index (χ0) is 33.7. The summed E-state index contributed by atoms with van der Waals surface area (Å²) in [5.74, 6) is 1.86. The molecule has 0 aliphatic carbocycles. The van der Waals surface area contributed by atoms with Crippen LogP contribution in [0.15, 0.2) is 180 Å². The average molecular weight is 652 g/mol. The van der Waals surface area contributed by atoms with E-state index in [1.54, 1.807) is 0 Å². The SMILES string of the molecule is c1ccc(-c2ccc(-c3nc(-c4ccc5ccccc5c4)nc(-c4ccc5oc6ccc(-c7ccc8ccccc8c7)cc6c5c4)n3)cc2)cc1. The summed E-state index contributed by atoms with van der Waals surface area (Å²) in [6.07, 6.45) is 0. The largest absolute Gasteiger partial charge is 0.456 e. The van der Waals surface area contributed by atoms with Crippen LogP contribution in [0.1, 0.15) is 0 Å². The monoisotopic (exact) mass is 651 g/mol. The van der Waals surface area contributed by atoms with Gasteiger partial charge < -0.3 is 4.42 Å². The summed E-state index contributed by atoms with van der Waals surface area (Å²) in [6.45, 7) is 0. The first kappa shape index (κ1) is 29.0. The van der Waals surface area contributed by atoms with E-state index in [2.05, 4.69) is 158 Å². The van der Waals surface area contributed by atoms with Crippen molar-refractivity contribution in [3.63, 3.8) is 0 Å². The zero-order valence-corrected chi connectivity index (χ0v) is 27.5. The lowest BCUT2D eigenvalue weighted by atomic mass is 9.99. The van der Waals surface area contributed by atoms with E-state index in [0.29, 0.717) is 17.5 Å². The third kappa shape index (κ3) is 5.31. The third-order valence-corrected chi connectivity index (χ3v) is 9.70. The van der Waals surface area contributed by atoms with E-state index in [1.807, 2.05) is 18.2 Å². The number of benzene rings is 8. The fourth-order valence-electron chi connectivity index (χ4n) is 7.00. The van der Waals surface area contributed by atoms with Crippen molar-refractivity contribution < 1.29 is 4.42 Å². The molecule has 51 heavy (non-hydrogen) atoms. The molecule has 0 fully saturated rings. The molecule has 2 aromatic heterocycles. The lowest BCUT2D eigenvalue weighted by Crippen LogP contribution is -2.00. The van der Waals surface area contributed by atoms with Gasteiger partial charge in [0.1, 0.15) is 11.2 Å². The van der Waals surface area contributed by atoms with E-state index in [1.165, 1.54) is 27.3 Å². The molecule has 0 unspecified atom stereocenters. The van der Waals surface area contributed by atoms with Gasteiger partial charge in [-0.25, -0.2) is 15.0 Å². The van der Waals surface area contributed by atoms with Crippen molar-refractivity contribution in [2.75, 3.05) is 0 Å². The molecule has 0 amide bonds. The Morgan fingerprint density at radius 2 is 0.667 bits per heavy atom. The minimum Gasteiger partial charge on any atom is -0.456 e. The van der Waals surface area contributed by atoms with Crippen molar-refractivity contribution in [3.05, 3.63) is 176 Å². The lowest BCUT2D eigenvalue weighted by molar-refractivity contribution is 0.669. The molecule has 8 aromatic carbocycles. The minimum atomic E-state index is 0.609. The lowest BCUT2D eigenvalue weighted by Gasteiger charge is -2.10. The molecule has 10 rings (SSSR count). The number of rotatable bonds is 5. The van der Waals surface area contributed by atoms with Gasteiger partial charge in [0.05, 0.1) is 0 Å². The van der Waals surface area contributed by atoms with Gasteiger partial charge in [0.15, 0.2) is 17.5 Å². The molecule has 238 valence electrons. The number of furan rings is 1. The molecule has 0 bridgehead atoms. The molecule has 0 saturated heterocycles. The number of fused-ring (bicyclic) bond motifs is 5. The summed E-state index contributed by atoms with van der Waals surface area (Å²) in [7, 11) is 0. The quantitative estimate of drug-likeness (QED) is 0.186. The average Bonchev–Trinajstić information content (AvgIpc) is 3.58. The maximum Gasteiger partial charge on any atom is 0.164 e. The maximum atomic E-state index is 6.33. The van der Waals surface area contributed by atoms with Crippen molar-refractivity contribution in [2.24, 2.45) is 0 Å². The molecule has 4 heteroatoms. The Morgan fingerprint density at radius 1 is 0.275 bits per heavy atom. The van der Waals surface area contributed by atoms with E-state index in [0.717, 1.165) is 55.1 Å². The number of nitrogens with zero attached hydrogens (tertiary/aromatic N) is 3. The van der Waals surface area contributed by atoms with Crippen LogP contribution in [-0.2, 0) is 0 Å². The van der Waals surface area contributed by atoms with Gasteiger partial charge in [-0.2, -0.15) is 0 Å². The standard InChI is InChI=1S/C47H29N3O/c1-2-8-30(9-3-1)33-14-18-34(19-15-33)45-48-46(39-21-17-32-11-5-7-13-36(32)27-39)50-47(49-45)40-23-25-44-42(29-40)41-28-38(22-24-43(41)51-44)37-20-16-31-10-4-6-12-35(31)26-37/h1-29H. The van der Waals surface area contributed by atoms with Crippen LogP contribution in [0.2, 0.25) is 0 Å². The van der Waals surface area contributed by atoms with Crippen LogP contribution in [0.5, 0.6) is 0 Å². The normalized spacial score (nSPS) is 11.5. The molecule has 0 atom stereocenters. The van der Waals surface area contributed by atoms with Crippen molar-refractivity contribution >= 4 is 43.5 Å². The summed E-state index contributed by atoms with van der Waals surface area (Å²) < 4.78 is 6.33. The van der Waals surface area contributed by atoms with Crippen molar-refractivity contribution in [1.29, 1.82) is 0 Å². The van der Waals surface area contributed by atoms with E-state index in [4.69, 9.17) is 19.4 Å². The van der Waals surface area contributed by atoms with Crippen molar-refractivity contribution in [3.8, 4) is 56.4 Å².